The predicted octanol–water partition coefficient (Wildman–Crippen LogP) is 4.73. The fourth-order valence-electron chi connectivity index (χ4n) is 1.54. The second-order valence-electron chi connectivity index (χ2n) is 3.83. The molecule has 0 fully saturated rings. The minimum absolute atomic E-state index is 0.268. The fourth-order valence-corrected chi connectivity index (χ4v) is 2.34. The second-order valence-corrected chi connectivity index (χ2v) is 5.12. The lowest BCUT2D eigenvalue weighted by atomic mass is 10.3. The molecule has 1 N–H and O–H groups in total. The molecule has 5 heteroatoms. The van der Waals surface area contributed by atoms with Crippen LogP contribution in [-0.4, -0.2) is 13.2 Å². The maximum absolute atomic E-state index is 13.3. The molecule has 0 saturated heterocycles. The summed E-state index contributed by atoms with van der Waals surface area (Å²) < 4.78 is 19.7. The van der Waals surface area contributed by atoms with Gasteiger partial charge in [-0.1, -0.05) is 23.7 Å². The van der Waals surface area contributed by atoms with Crippen LogP contribution in [0.25, 0.3) is 0 Å². The van der Waals surface area contributed by atoms with E-state index in [9.17, 15) is 4.39 Å². The smallest absolute Gasteiger partial charge is 0.146 e. The van der Waals surface area contributed by atoms with E-state index < -0.39 is 0 Å². The molecule has 2 nitrogen and oxygen atoms in total. The van der Waals surface area contributed by atoms with Crippen molar-refractivity contribution in [2.45, 2.75) is 0 Å². The topological polar surface area (TPSA) is 21.3 Å². The number of benzene rings is 2. The summed E-state index contributed by atoms with van der Waals surface area (Å²) in [5.41, 5.74) is 0.473. The van der Waals surface area contributed by atoms with Gasteiger partial charge < -0.3 is 10.1 Å². The molecule has 0 atom stereocenters. The van der Waals surface area contributed by atoms with Gasteiger partial charge in [0.25, 0.3) is 0 Å². The number of hydrogen-bond acceptors (Lipinski definition) is 2. The molecule has 0 aliphatic carbocycles. The number of hydrogen-bond donors (Lipinski definition) is 1. The molecular formula is C14H12BrClFNO. The van der Waals surface area contributed by atoms with Crippen LogP contribution in [0.2, 0.25) is 5.02 Å². The van der Waals surface area contributed by atoms with Crippen LogP contribution in [0.4, 0.5) is 10.1 Å². The molecule has 0 saturated carbocycles. The first-order valence-corrected chi connectivity index (χ1v) is 6.90. The summed E-state index contributed by atoms with van der Waals surface area (Å²) in [5.74, 6) is 0.440. The van der Waals surface area contributed by atoms with Gasteiger partial charge in [-0.05, 0) is 46.3 Å². The highest BCUT2D eigenvalue weighted by atomic mass is 79.9. The van der Waals surface area contributed by atoms with E-state index in [4.69, 9.17) is 16.3 Å². The van der Waals surface area contributed by atoms with Crippen molar-refractivity contribution in [1.82, 2.24) is 0 Å². The second kappa shape index (κ2) is 6.78. The average molecular weight is 345 g/mol. The molecule has 0 heterocycles. The molecule has 0 aliphatic heterocycles. The number of para-hydroxylation sites is 1. The van der Waals surface area contributed by atoms with Gasteiger partial charge in [-0.2, -0.15) is 0 Å². The van der Waals surface area contributed by atoms with E-state index in [0.717, 1.165) is 4.47 Å². The van der Waals surface area contributed by atoms with Crippen LogP contribution >= 0.6 is 27.5 Å². The lowest BCUT2D eigenvalue weighted by Crippen LogP contribution is -2.12. The molecule has 2 rings (SSSR count). The van der Waals surface area contributed by atoms with Crippen molar-refractivity contribution in [1.29, 1.82) is 0 Å². The first-order valence-electron chi connectivity index (χ1n) is 5.73. The zero-order chi connectivity index (χ0) is 13.7. The number of ether oxygens (including phenoxy) is 1. The molecule has 0 unspecified atom stereocenters. The Hall–Kier alpha value is -1.26. The Balaban J connectivity index is 1.83. The van der Waals surface area contributed by atoms with Gasteiger partial charge in [0.2, 0.25) is 0 Å². The van der Waals surface area contributed by atoms with Crippen molar-refractivity contribution in [2.24, 2.45) is 0 Å². The van der Waals surface area contributed by atoms with Crippen LogP contribution in [-0.2, 0) is 0 Å². The van der Waals surface area contributed by atoms with Crippen molar-refractivity contribution in [3.63, 3.8) is 0 Å². The Bertz CT molecular complexity index is 565. The Morgan fingerprint density at radius 1 is 1.21 bits per heavy atom. The van der Waals surface area contributed by atoms with E-state index in [1.165, 1.54) is 6.07 Å². The Kier molecular flexibility index (Phi) is 5.05. The van der Waals surface area contributed by atoms with Crippen LogP contribution < -0.4 is 10.1 Å². The van der Waals surface area contributed by atoms with Crippen LogP contribution in [0.15, 0.2) is 46.9 Å². The van der Waals surface area contributed by atoms with E-state index in [1.807, 2.05) is 0 Å². The Morgan fingerprint density at radius 3 is 2.74 bits per heavy atom. The van der Waals surface area contributed by atoms with Gasteiger partial charge in [-0.25, -0.2) is 4.39 Å². The molecule has 0 bridgehead atoms. The summed E-state index contributed by atoms with van der Waals surface area (Å²) in [4.78, 5) is 0. The third-order valence-electron chi connectivity index (χ3n) is 2.44. The molecule has 0 radical (unpaired) electrons. The summed E-state index contributed by atoms with van der Waals surface area (Å²) in [6.45, 7) is 0.935. The van der Waals surface area contributed by atoms with Crippen molar-refractivity contribution in [3.8, 4) is 5.75 Å². The summed E-state index contributed by atoms with van der Waals surface area (Å²) in [7, 11) is 0. The van der Waals surface area contributed by atoms with Crippen LogP contribution in [0.3, 0.4) is 0 Å². The first kappa shape index (κ1) is 14.2. The lowest BCUT2D eigenvalue weighted by molar-refractivity contribution is 0.330. The van der Waals surface area contributed by atoms with E-state index in [2.05, 4.69) is 21.2 Å². The maximum atomic E-state index is 13.3. The van der Waals surface area contributed by atoms with Crippen LogP contribution in [0.5, 0.6) is 5.75 Å². The van der Waals surface area contributed by atoms with E-state index in [-0.39, 0.29) is 5.82 Å². The SMILES string of the molecule is Fc1ccccc1NCCOc1ccc(Cl)cc1Br. The zero-order valence-corrected chi connectivity index (χ0v) is 12.3. The largest absolute Gasteiger partial charge is 0.491 e. The molecule has 0 spiro atoms. The van der Waals surface area contributed by atoms with Gasteiger partial charge >= 0.3 is 0 Å². The summed E-state index contributed by atoms with van der Waals surface area (Å²) in [5, 5.41) is 3.61. The third kappa shape index (κ3) is 4.11. The molecule has 0 aliphatic rings. The molecule has 19 heavy (non-hydrogen) atoms. The Morgan fingerprint density at radius 2 is 2.00 bits per heavy atom. The number of nitrogens with one attached hydrogen (secondary N) is 1. The van der Waals surface area contributed by atoms with Crippen LogP contribution in [0.1, 0.15) is 0 Å². The Labute approximate surface area is 124 Å². The molecule has 0 aromatic heterocycles. The number of anilines is 1. The van der Waals surface area contributed by atoms with E-state index in [0.29, 0.717) is 29.6 Å². The minimum Gasteiger partial charge on any atom is -0.491 e. The molecule has 100 valence electrons. The zero-order valence-electron chi connectivity index (χ0n) is 10.00. The van der Waals surface area contributed by atoms with Gasteiger partial charge in [-0.3, -0.25) is 0 Å². The van der Waals surface area contributed by atoms with Crippen molar-refractivity contribution in [3.05, 3.63) is 57.8 Å². The van der Waals surface area contributed by atoms with Crippen molar-refractivity contribution in [2.75, 3.05) is 18.5 Å². The van der Waals surface area contributed by atoms with Crippen molar-refractivity contribution >= 4 is 33.2 Å². The fraction of sp³-hybridized carbons (Fsp3) is 0.143. The van der Waals surface area contributed by atoms with Gasteiger partial charge in [0.15, 0.2) is 0 Å². The van der Waals surface area contributed by atoms with Gasteiger partial charge in [0.1, 0.15) is 18.2 Å². The molecular weight excluding hydrogens is 333 g/mol. The molecule has 2 aromatic rings. The van der Waals surface area contributed by atoms with Crippen LogP contribution in [0, 0.1) is 5.82 Å². The first-order chi connectivity index (χ1) is 9.16. The average Bonchev–Trinajstić information content (AvgIpc) is 2.38. The highest BCUT2D eigenvalue weighted by molar-refractivity contribution is 9.10. The van der Waals surface area contributed by atoms with Crippen molar-refractivity contribution < 1.29 is 9.13 Å². The molecule has 0 amide bonds. The maximum Gasteiger partial charge on any atom is 0.146 e. The quantitative estimate of drug-likeness (QED) is 0.792. The molecule has 2 aromatic carbocycles. The minimum atomic E-state index is -0.268. The standard InChI is InChI=1S/C14H12BrClFNO/c15-11-9-10(16)5-6-14(11)19-8-7-18-13-4-2-1-3-12(13)17/h1-6,9,18H,7-8H2. The predicted molar refractivity (Wildman–Crippen MR) is 79.5 cm³/mol. The number of halogens is 3. The summed E-state index contributed by atoms with van der Waals surface area (Å²) in [6, 6.07) is 11.8. The third-order valence-corrected chi connectivity index (χ3v) is 3.30. The normalized spacial score (nSPS) is 10.3. The highest BCUT2D eigenvalue weighted by Crippen LogP contribution is 2.27. The van der Waals surface area contributed by atoms with E-state index in [1.54, 1.807) is 36.4 Å². The highest BCUT2D eigenvalue weighted by Gasteiger charge is 2.02. The lowest BCUT2D eigenvalue weighted by Gasteiger charge is -2.10. The monoisotopic (exact) mass is 343 g/mol. The van der Waals surface area contributed by atoms with E-state index >= 15 is 0 Å². The van der Waals surface area contributed by atoms with Gasteiger partial charge in [0, 0.05) is 11.6 Å². The summed E-state index contributed by atoms with van der Waals surface area (Å²) >= 11 is 9.20. The number of rotatable bonds is 5. The van der Waals surface area contributed by atoms with Gasteiger partial charge in [0.05, 0.1) is 10.2 Å². The van der Waals surface area contributed by atoms with Gasteiger partial charge in [-0.15, -0.1) is 0 Å². The summed E-state index contributed by atoms with van der Waals surface area (Å²) in [6.07, 6.45) is 0.